The van der Waals surface area contributed by atoms with Gasteiger partial charge in [-0.05, 0) is 45.6 Å². The number of carboxylic acids is 1. The summed E-state index contributed by atoms with van der Waals surface area (Å²) in [5, 5.41) is 9.50. The van der Waals surface area contributed by atoms with Crippen LogP contribution >= 0.6 is 0 Å². The zero-order valence-corrected chi connectivity index (χ0v) is 10.4. The van der Waals surface area contributed by atoms with E-state index in [2.05, 4.69) is 4.90 Å². The lowest BCUT2D eigenvalue weighted by molar-refractivity contribution is -0.153. The van der Waals surface area contributed by atoms with Crippen molar-refractivity contribution in [2.24, 2.45) is 5.92 Å². The molecule has 2 aliphatic rings. The Morgan fingerprint density at radius 3 is 2.19 bits per heavy atom. The molecule has 1 N–H and O–H groups in total. The third-order valence-electron chi connectivity index (χ3n) is 4.66. The van der Waals surface area contributed by atoms with E-state index in [1.807, 2.05) is 14.0 Å². The van der Waals surface area contributed by atoms with Crippen LogP contribution in [0.3, 0.4) is 0 Å². The predicted octanol–water partition coefficient (Wildman–Crippen LogP) is 2.50. The van der Waals surface area contributed by atoms with Crippen molar-refractivity contribution in [3.05, 3.63) is 0 Å². The fraction of sp³-hybridized carbons (Fsp3) is 0.923. The maximum atomic E-state index is 11.5. The summed E-state index contributed by atoms with van der Waals surface area (Å²) in [4.78, 5) is 13.7. The van der Waals surface area contributed by atoms with Crippen molar-refractivity contribution in [1.29, 1.82) is 0 Å². The number of rotatable bonds is 4. The molecule has 16 heavy (non-hydrogen) atoms. The first-order chi connectivity index (χ1) is 7.56. The normalized spacial score (nSPS) is 26.7. The van der Waals surface area contributed by atoms with Crippen LogP contribution in [0.25, 0.3) is 0 Å². The van der Waals surface area contributed by atoms with Crippen LogP contribution in [0.15, 0.2) is 0 Å². The van der Waals surface area contributed by atoms with E-state index in [1.165, 1.54) is 32.1 Å². The Morgan fingerprint density at radius 2 is 1.75 bits per heavy atom. The Labute approximate surface area is 97.8 Å². The van der Waals surface area contributed by atoms with Crippen LogP contribution in [0, 0.1) is 5.92 Å². The molecular formula is C13H23NO2. The Bertz CT molecular complexity index is 269. The summed E-state index contributed by atoms with van der Waals surface area (Å²) in [5.74, 6) is -0.264. The second-order valence-electron chi connectivity index (χ2n) is 5.63. The third-order valence-corrected chi connectivity index (χ3v) is 4.66. The highest BCUT2D eigenvalue weighted by Gasteiger charge is 2.51. The first kappa shape index (κ1) is 11.9. The van der Waals surface area contributed by atoms with Gasteiger partial charge in [-0.25, -0.2) is 0 Å². The van der Waals surface area contributed by atoms with Crippen molar-refractivity contribution in [2.45, 2.75) is 63.5 Å². The van der Waals surface area contributed by atoms with E-state index in [0.717, 1.165) is 12.8 Å². The number of hydrogen-bond acceptors (Lipinski definition) is 2. The van der Waals surface area contributed by atoms with Gasteiger partial charge in [0.05, 0.1) is 0 Å². The Morgan fingerprint density at radius 1 is 1.19 bits per heavy atom. The van der Waals surface area contributed by atoms with Crippen molar-refractivity contribution in [2.75, 3.05) is 7.05 Å². The zero-order valence-electron chi connectivity index (χ0n) is 10.4. The molecule has 0 radical (unpaired) electrons. The highest BCUT2D eigenvalue weighted by Crippen LogP contribution is 2.44. The van der Waals surface area contributed by atoms with Gasteiger partial charge in [0.25, 0.3) is 0 Å². The van der Waals surface area contributed by atoms with Crippen molar-refractivity contribution in [1.82, 2.24) is 4.90 Å². The number of aliphatic carboxylic acids is 1. The van der Waals surface area contributed by atoms with Gasteiger partial charge in [-0.2, -0.15) is 0 Å². The van der Waals surface area contributed by atoms with Gasteiger partial charge in [0.15, 0.2) is 0 Å². The summed E-state index contributed by atoms with van der Waals surface area (Å²) in [5.41, 5.74) is -0.623. The fourth-order valence-electron chi connectivity index (χ4n) is 3.11. The molecule has 3 heteroatoms. The second-order valence-corrected chi connectivity index (χ2v) is 5.63. The molecule has 0 aromatic rings. The Hall–Kier alpha value is -0.570. The van der Waals surface area contributed by atoms with E-state index in [9.17, 15) is 9.90 Å². The number of nitrogens with zero attached hydrogens (tertiary/aromatic N) is 1. The average molecular weight is 225 g/mol. The first-order valence-corrected chi connectivity index (χ1v) is 6.53. The lowest BCUT2D eigenvalue weighted by Crippen LogP contribution is -2.56. The molecule has 2 saturated carbocycles. The molecule has 2 rings (SSSR count). The van der Waals surface area contributed by atoms with Crippen molar-refractivity contribution < 1.29 is 9.90 Å². The molecule has 0 amide bonds. The summed E-state index contributed by atoms with van der Waals surface area (Å²) >= 11 is 0. The lowest BCUT2D eigenvalue weighted by atomic mass is 9.87. The molecule has 1 unspecified atom stereocenters. The minimum atomic E-state index is -0.636. The molecule has 0 aliphatic heterocycles. The van der Waals surface area contributed by atoms with Crippen LogP contribution in [0.1, 0.15) is 51.9 Å². The van der Waals surface area contributed by atoms with Gasteiger partial charge < -0.3 is 5.11 Å². The minimum Gasteiger partial charge on any atom is -0.480 e. The molecule has 0 saturated heterocycles. The highest BCUT2D eigenvalue weighted by molar-refractivity contribution is 5.79. The number of hydrogen-bond donors (Lipinski definition) is 1. The van der Waals surface area contributed by atoms with E-state index in [1.54, 1.807) is 0 Å². The van der Waals surface area contributed by atoms with Crippen molar-refractivity contribution >= 4 is 5.97 Å². The molecule has 92 valence electrons. The van der Waals surface area contributed by atoms with Gasteiger partial charge in [-0.1, -0.05) is 19.3 Å². The average Bonchev–Trinajstić information content (AvgIpc) is 3.12. The van der Waals surface area contributed by atoms with Crippen molar-refractivity contribution in [3.63, 3.8) is 0 Å². The molecule has 0 aromatic carbocycles. The molecule has 0 heterocycles. The summed E-state index contributed by atoms with van der Waals surface area (Å²) in [6.07, 6.45) is 8.35. The number of carboxylic acid groups (broad SMARTS) is 1. The van der Waals surface area contributed by atoms with Crippen LogP contribution in [0.2, 0.25) is 0 Å². The van der Waals surface area contributed by atoms with E-state index < -0.39 is 11.5 Å². The van der Waals surface area contributed by atoms with E-state index in [0.29, 0.717) is 12.0 Å². The topological polar surface area (TPSA) is 40.5 Å². The fourth-order valence-corrected chi connectivity index (χ4v) is 3.11. The Balaban J connectivity index is 2.09. The lowest BCUT2D eigenvalue weighted by Gasteiger charge is -2.42. The van der Waals surface area contributed by atoms with Crippen LogP contribution in [0.5, 0.6) is 0 Å². The van der Waals surface area contributed by atoms with Gasteiger partial charge in [-0.3, -0.25) is 9.69 Å². The number of carbonyl (C=O) groups is 1. The largest absolute Gasteiger partial charge is 0.480 e. The summed E-state index contributed by atoms with van der Waals surface area (Å²) in [7, 11) is 2.02. The monoisotopic (exact) mass is 225 g/mol. The second kappa shape index (κ2) is 4.36. The van der Waals surface area contributed by atoms with Crippen LogP contribution in [-0.4, -0.2) is 34.6 Å². The molecule has 1 atom stereocenters. The summed E-state index contributed by atoms with van der Waals surface area (Å²) < 4.78 is 0. The minimum absolute atomic E-state index is 0.372. The molecule has 2 fully saturated rings. The van der Waals surface area contributed by atoms with Gasteiger partial charge >= 0.3 is 5.97 Å². The van der Waals surface area contributed by atoms with Crippen LogP contribution in [0.4, 0.5) is 0 Å². The predicted molar refractivity (Wildman–Crippen MR) is 63.4 cm³/mol. The van der Waals surface area contributed by atoms with E-state index >= 15 is 0 Å². The maximum absolute atomic E-state index is 11.5. The van der Waals surface area contributed by atoms with Gasteiger partial charge in [0.1, 0.15) is 5.54 Å². The molecule has 0 bridgehead atoms. The quantitative estimate of drug-likeness (QED) is 0.799. The smallest absolute Gasteiger partial charge is 0.324 e. The SMILES string of the molecule is CN(C1CCCCC1)C(C)(C(=O)O)C1CC1. The van der Waals surface area contributed by atoms with Gasteiger partial charge in [0.2, 0.25) is 0 Å². The molecule has 2 aliphatic carbocycles. The van der Waals surface area contributed by atoms with E-state index in [4.69, 9.17) is 0 Å². The standard InChI is InChI=1S/C13H23NO2/c1-13(12(15)16,10-8-9-10)14(2)11-6-4-3-5-7-11/h10-11H,3-9H2,1-2H3,(H,15,16). The first-order valence-electron chi connectivity index (χ1n) is 6.53. The maximum Gasteiger partial charge on any atom is 0.324 e. The molecule has 3 nitrogen and oxygen atoms in total. The van der Waals surface area contributed by atoms with Crippen LogP contribution in [-0.2, 0) is 4.79 Å². The van der Waals surface area contributed by atoms with Crippen LogP contribution < -0.4 is 0 Å². The third kappa shape index (κ3) is 1.97. The molecule has 0 spiro atoms. The Kier molecular flexibility index (Phi) is 3.24. The molecular weight excluding hydrogens is 202 g/mol. The summed E-state index contributed by atoms with van der Waals surface area (Å²) in [6.45, 7) is 1.92. The molecule has 0 aromatic heterocycles. The summed E-state index contributed by atoms with van der Waals surface area (Å²) in [6, 6.07) is 0.482. The van der Waals surface area contributed by atoms with Crippen molar-refractivity contribution in [3.8, 4) is 0 Å². The zero-order chi connectivity index (χ0) is 11.8. The highest BCUT2D eigenvalue weighted by atomic mass is 16.4. The van der Waals surface area contributed by atoms with Gasteiger partial charge in [-0.15, -0.1) is 0 Å². The van der Waals surface area contributed by atoms with Gasteiger partial charge in [0, 0.05) is 6.04 Å². The van der Waals surface area contributed by atoms with E-state index in [-0.39, 0.29) is 0 Å². The number of likely N-dealkylation sites (N-methyl/N-ethyl adjacent to an activating group) is 1.